The molecule has 0 unspecified atom stereocenters. The normalized spacial score (nSPS) is 16.2. The molecule has 1 rings (SSSR count). The number of carbonyl (C=O) groups is 3. The van der Waals surface area contributed by atoms with Gasteiger partial charge >= 0.3 is 17.2 Å². The topological polar surface area (TPSA) is 117 Å². The van der Waals surface area contributed by atoms with Gasteiger partial charge in [0, 0.05) is 31.8 Å². The minimum Gasteiger partial charge on any atom is -0.463 e. The first-order chi connectivity index (χ1) is 11.5. The number of esters is 2. The summed E-state index contributed by atoms with van der Waals surface area (Å²) in [7, 11) is 0. The van der Waals surface area contributed by atoms with E-state index in [0.29, 0.717) is 19.8 Å². The smallest absolute Gasteiger partial charge is 0.370 e. The van der Waals surface area contributed by atoms with Gasteiger partial charge in [0.15, 0.2) is 0 Å². The Morgan fingerprint density at radius 3 is 2.58 bits per heavy atom. The first kappa shape index (κ1) is 20.7. The van der Waals surface area contributed by atoms with Gasteiger partial charge in [-0.2, -0.15) is 0 Å². The van der Waals surface area contributed by atoms with Crippen molar-refractivity contribution in [2.45, 2.75) is 19.4 Å². The van der Waals surface area contributed by atoms with Crippen LogP contribution in [0.2, 0.25) is 0 Å². The van der Waals surface area contributed by atoms with Gasteiger partial charge in [-0.25, -0.2) is 4.79 Å². The Hall–Kier alpha value is -1.36. The molecule has 1 atom stereocenters. The summed E-state index contributed by atoms with van der Waals surface area (Å²) in [5.41, 5.74) is 5.66. The molecule has 0 aromatic rings. The van der Waals surface area contributed by atoms with E-state index in [-0.39, 0.29) is 18.8 Å². The molecule has 24 heavy (non-hydrogen) atoms. The zero-order valence-corrected chi connectivity index (χ0v) is 14.5. The third-order valence-corrected chi connectivity index (χ3v) is 4.00. The van der Waals surface area contributed by atoms with Gasteiger partial charge in [-0.1, -0.05) is 6.92 Å². The highest BCUT2D eigenvalue weighted by atomic mass is 32.2. The van der Waals surface area contributed by atoms with Crippen molar-refractivity contribution in [3.05, 3.63) is 0 Å². The number of nitrogens with zero attached hydrogens (tertiary/aromatic N) is 1. The molecule has 0 spiro atoms. The number of carbonyl (C=O) groups excluding carboxylic acids is 3. The molecule has 0 aliphatic carbocycles. The predicted octanol–water partition coefficient (Wildman–Crippen LogP) is -0.0304. The van der Waals surface area contributed by atoms with E-state index in [2.05, 4.69) is 14.4 Å². The van der Waals surface area contributed by atoms with Gasteiger partial charge in [0.05, 0.1) is 13.2 Å². The van der Waals surface area contributed by atoms with Crippen LogP contribution in [0.4, 0.5) is 4.79 Å². The molecule has 1 fully saturated rings. The minimum absolute atomic E-state index is 0.0247. The summed E-state index contributed by atoms with van der Waals surface area (Å²) in [5, 5.41) is -0.671. The lowest BCUT2D eigenvalue weighted by Crippen LogP contribution is -2.40. The summed E-state index contributed by atoms with van der Waals surface area (Å²) in [4.78, 5) is 36.1. The molecular formula is C14H24N2O7S. The molecule has 2 N–H and O–H groups in total. The van der Waals surface area contributed by atoms with E-state index in [9.17, 15) is 14.4 Å². The molecule has 1 saturated heterocycles. The average molecular weight is 364 g/mol. The van der Waals surface area contributed by atoms with Gasteiger partial charge in [0.2, 0.25) is 6.79 Å². The molecule has 0 bridgehead atoms. The minimum atomic E-state index is -0.926. The van der Waals surface area contributed by atoms with Crippen LogP contribution in [-0.4, -0.2) is 80.2 Å². The monoisotopic (exact) mass is 364 g/mol. The van der Waals surface area contributed by atoms with Crippen LogP contribution in [0.1, 0.15) is 13.3 Å². The second-order valence-electron chi connectivity index (χ2n) is 4.92. The fourth-order valence-electron chi connectivity index (χ4n) is 1.72. The summed E-state index contributed by atoms with van der Waals surface area (Å²) < 4.78 is 19.6. The summed E-state index contributed by atoms with van der Waals surface area (Å²) >= 11 is 0.728. The first-order valence-electron chi connectivity index (χ1n) is 7.70. The second kappa shape index (κ2) is 12.1. The first-order valence-corrected chi connectivity index (χ1v) is 8.69. The number of nitrogens with two attached hydrogens (primary N) is 1. The zero-order valence-electron chi connectivity index (χ0n) is 13.7. The van der Waals surface area contributed by atoms with Gasteiger partial charge in [-0.3, -0.25) is 14.5 Å². The number of hydrogen-bond donors (Lipinski definition) is 1. The summed E-state index contributed by atoms with van der Waals surface area (Å²) in [5.74, 6) is -1.01. The SMILES string of the molecule is CCC(=O)OCOC(=O)SC[C@H](N)C(=O)OCCN1CCOCC1. The summed E-state index contributed by atoms with van der Waals surface area (Å²) in [6.45, 7) is 5.04. The number of hydrogen-bond acceptors (Lipinski definition) is 10. The second-order valence-corrected chi connectivity index (χ2v) is 5.88. The van der Waals surface area contributed by atoms with E-state index in [4.69, 9.17) is 15.2 Å². The number of thioether (sulfide) groups is 1. The molecular weight excluding hydrogens is 340 g/mol. The number of rotatable bonds is 9. The highest BCUT2D eigenvalue weighted by Gasteiger charge is 2.18. The maximum Gasteiger partial charge on any atom is 0.370 e. The molecule has 1 heterocycles. The van der Waals surface area contributed by atoms with Crippen LogP contribution in [0.15, 0.2) is 0 Å². The predicted molar refractivity (Wildman–Crippen MR) is 86.4 cm³/mol. The van der Waals surface area contributed by atoms with Crippen LogP contribution in [0.3, 0.4) is 0 Å². The fraction of sp³-hybridized carbons (Fsp3) is 0.786. The molecule has 0 aromatic heterocycles. The summed E-state index contributed by atoms with van der Waals surface area (Å²) in [6.07, 6.45) is 0.200. The Morgan fingerprint density at radius 2 is 1.92 bits per heavy atom. The van der Waals surface area contributed by atoms with Crippen LogP contribution in [0, 0.1) is 0 Å². The third-order valence-electron chi connectivity index (χ3n) is 3.12. The molecule has 0 aromatic carbocycles. The standard InChI is InChI=1S/C14H24N2O7S/c1-2-12(17)22-10-23-14(19)24-9-11(15)13(18)21-8-5-16-3-6-20-7-4-16/h11H,2-10,15H2,1H3/t11-/m0/s1. The van der Waals surface area contributed by atoms with Crippen molar-refractivity contribution in [3.8, 4) is 0 Å². The van der Waals surface area contributed by atoms with Gasteiger partial charge in [0.25, 0.3) is 0 Å². The van der Waals surface area contributed by atoms with Crippen molar-refractivity contribution < 1.29 is 33.3 Å². The van der Waals surface area contributed by atoms with Crippen LogP contribution in [-0.2, 0) is 28.5 Å². The van der Waals surface area contributed by atoms with Gasteiger partial charge in [-0.05, 0) is 11.8 Å². The van der Waals surface area contributed by atoms with E-state index in [1.807, 2.05) is 0 Å². The molecule has 1 aliphatic heterocycles. The van der Waals surface area contributed by atoms with Crippen LogP contribution in [0.5, 0.6) is 0 Å². The van der Waals surface area contributed by atoms with E-state index >= 15 is 0 Å². The van der Waals surface area contributed by atoms with E-state index in [0.717, 1.165) is 24.9 Å². The fourth-order valence-corrected chi connectivity index (χ4v) is 2.30. The Labute approximate surface area is 145 Å². The molecule has 10 heteroatoms. The average Bonchev–Trinajstić information content (AvgIpc) is 2.60. The lowest BCUT2D eigenvalue weighted by atomic mass is 10.4. The highest BCUT2D eigenvalue weighted by molar-refractivity contribution is 8.13. The molecule has 0 radical (unpaired) electrons. The summed E-state index contributed by atoms with van der Waals surface area (Å²) in [6, 6.07) is -0.926. The van der Waals surface area contributed by atoms with Crippen molar-refractivity contribution in [3.63, 3.8) is 0 Å². The third kappa shape index (κ3) is 9.06. The largest absolute Gasteiger partial charge is 0.463 e. The Morgan fingerprint density at radius 1 is 1.21 bits per heavy atom. The van der Waals surface area contributed by atoms with E-state index in [1.54, 1.807) is 6.92 Å². The highest BCUT2D eigenvalue weighted by Crippen LogP contribution is 2.08. The van der Waals surface area contributed by atoms with Crippen LogP contribution < -0.4 is 5.73 Å². The van der Waals surface area contributed by atoms with Gasteiger partial charge in [0.1, 0.15) is 12.6 Å². The van der Waals surface area contributed by atoms with Gasteiger partial charge < -0.3 is 24.7 Å². The Kier molecular flexibility index (Phi) is 10.4. The lowest BCUT2D eigenvalue weighted by Gasteiger charge is -2.26. The van der Waals surface area contributed by atoms with Crippen molar-refractivity contribution in [2.24, 2.45) is 5.73 Å². The maximum absolute atomic E-state index is 11.7. The molecule has 0 saturated carbocycles. The molecule has 1 aliphatic rings. The quantitative estimate of drug-likeness (QED) is 0.441. The lowest BCUT2D eigenvalue weighted by molar-refractivity contribution is -0.151. The zero-order chi connectivity index (χ0) is 17.8. The Bertz CT molecular complexity index is 416. The van der Waals surface area contributed by atoms with Crippen molar-refractivity contribution >= 4 is 29.0 Å². The van der Waals surface area contributed by atoms with Crippen LogP contribution >= 0.6 is 11.8 Å². The van der Waals surface area contributed by atoms with E-state index in [1.165, 1.54) is 0 Å². The molecule has 138 valence electrons. The maximum atomic E-state index is 11.7. The van der Waals surface area contributed by atoms with Gasteiger partial charge in [-0.15, -0.1) is 0 Å². The number of ether oxygens (including phenoxy) is 4. The molecule has 9 nitrogen and oxygen atoms in total. The van der Waals surface area contributed by atoms with Crippen molar-refractivity contribution in [1.29, 1.82) is 0 Å². The van der Waals surface area contributed by atoms with E-state index < -0.39 is 30.1 Å². The Balaban J connectivity index is 2.07. The molecule has 0 amide bonds. The van der Waals surface area contributed by atoms with Crippen LogP contribution in [0.25, 0.3) is 0 Å². The van der Waals surface area contributed by atoms with Crippen molar-refractivity contribution in [1.82, 2.24) is 4.90 Å². The van der Waals surface area contributed by atoms with Crippen molar-refractivity contribution in [2.75, 3.05) is 52.0 Å². The number of morpholine rings is 1.